The van der Waals surface area contributed by atoms with Gasteiger partial charge in [0.15, 0.2) is 5.82 Å². The largest absolute Gasteiger partial charge is 0.497 e. The van der Waals surface area contributed by atoms with E-state index in [0.717, 1.165) is 10.5 Å². The molecule has 4 amide bonds. The summed E-state index contributed by atoms with van der Waals surface area (Å²) in [6.07, 6.45) is 2.21. The molecule has 0 atom stereocenters. The van der Waals surface area contributed by atoms with Crippen molar-refractivity contribution in [3.63, 3.8) is 0 Å². The SMILES string of the molecule is COc1cc(OC)cc(-c2cc3cnc(N(CCCOCc4ccccc4)C(C)=O)cc3nc2N(C(C)=O)C(=O)NC(C)(C)C)c1. The van der Waals surface area contributed by atoms with Crippen molar-refractivity contribution in [2.75, 3.05) is 37.2 Å². The van der Waals surface area contributed by atoms with Gasteiger partial charge in [-0.2, -0.15) is 0 Å². The van der Waals surface area contributed by atoms with Crippen molar-refractivity contribution in [2.24, 2.45) is 0 Å². The zero-order chi connectivity index (χ0) is 33.4. The Kier molecular flexibility index (Phi) is 10.9. The van der Waals surface area contributed by atoms with Gasteiger partial charge in [0.1, 0.15) is 17.3 Å². The highest BCUT2D eigenvalue weighted by Crippen LogP contribution is 2.37. The number of methoxy groups -OCH3 is 2. The predicted octanol–water partition coefficient (Wildman–Crippen LogP) is 6.13. The zero-order valence-corrected chi connectivity index (χ0v) is 27.4. The molecule has 4 rings (SSSR count). The topological polar surface area (TPSA) is 123 Å². The number of hydrogen-bond acceptors (Lipinski definition) is 8. The van der Waals surface area contributed by atoms with Gasteiger partial charge in [-0.3, -0.25) is 14.5 Å². The lowest BCUT2D eigenvalue weighted by Gasteiger charge is -2.27. The first-order valence-corrected chi connectivity index (χ1v) is 15.0. The van der Waals surface area contributed by atoms with Gasteiger partial charge >= 0.3 is 6.03 Å². The molecular weight excluding hydrogens is 586 g/mol. The van der Waals surface area contributed by atoms with E-state index in [4.69, 9.17) is 19.2 Å². The van der Waals surface area contributed by atoms with Crippen LogP contribution in [0.4, 0.5) is 16.4 Å². The van der Waals surface area contributed by atoms with Crippen molar-refractivity contribution in [3.8, 4) is 22.6 Å². The molecule has 0 spiro atoms. The first-order chi connectivity index (χ1) is 21.9. The number of aromatic nitrogens is 2. The van der Waals surface area contributed by atoms with Crippen LogP contribution in [0.15, 0.2) is 66.9 Å². The van der Waals surface area contributed by atoms with Gasteiger partial charge in [0, 0.05) is 61.8 Å². The maximum atomic E-state index is 13.5. The van der Waals surface area contributed by atoms with Crippen LogP contribution in [0.2, 0.25) is 0 Å². The fourth-order valence-electron chi connectivity index (χ4n) is 4.83. The van der Waals surface area contributed by atoms with E-state index in [2.05, 4.69) is 10.3 Å². The summed E-state index contributed by atoms with van der Waals surface area (Å²) in [6, 6.07) is 18.0. The number of carbonyl (C=O) groups excluding carboxylic acids is 3. The second-order valence-electron chi connectivity index (χ2n) is 11.8. The smallest absolute Gasteiger partial charge is 0.330 e. The van der Waals surface area contributed by atoms with E-state index < -0.39 is 17.5 Å². The van der Waals surface area contributed by atoms with Gasteiger partial charge < -0.3 is 19.5 Å². The van der Waals surface area contributed by atoms with Crippen LogP contribution in [-0.2, 0) is 20.9 Å². The fraction of sp³-hybridized carbons (Fsp3) is 0.343. The molecule has 0 fully saturated rings. The van der Waals surface area contributed by atoms with E-state index in [1.54, 1.807) is 55.6 Å². The van der Waals surface area contributed by atoms with E-state index in [1.165, 1.54) is 13.8 Å². The second-order valence-corrected chi connectivity index (χ2v) is 11.8. The van der Waals surface area contributed by atoms with E-state index in [9.17, 15) is 14.4 Å². The molecule has 0 bridgehead atoms. The average Bonchev–Trinajstić information content (AvgIpc) is 3.01. The Balaban J connectivity index is 1.74. The highest BCUT2D eigenvalue weighted by Gasteiger charge is 2.29. The van der Waals surface area contributed by atoms with Gasteiger partial charge in [0.25, 0.3) is 0 Å². The molecule has 0 saturated carbocycles. The third-order valence-corrected chi connectivity index (χ3v) is 6.98. The van der Waals surface area contributed by atoms with Crippen molar-refractivity contribution in [2.45, 2.75) is 53.2 Å². The number of carbonyl (C=O) groups is 3. The molecule has 46 heavy (non-hydrogen) atoms. The Hall–Kier alpha value is -5.03. The Bertz CT molecular complexity index is 1680. The summed E-state index contributed by atoms with van der Waals surface area (Å²) in [6.45, 7) is 9.58. The number of anilines is 2. The standard InChI is InChI=1S/C35H41N5O6/c1-23(41)39(14-11-15-46-22-25-12-9-8-10-13-25)32-20-31-27(21-36-32)18-30(26-16-28(44-6)19-29(17-26)45-7)33(37-31)40(24(2)42)34(43)38-35(3,4)5/h8-10,12-13,16-21H,11,14-15,22H2,1-7H3,(H,38,43). The summed E-state index contributed by atoms with van der Waals surface area (Å²) in [4.78, 5) is 51.3. The molecule has 1 N–H and O–H groups in total. The quantitative estimate of drug-likeness (QED) is 0.197. The van der Waals surface area contributed by atoms with Crippen molar-refractivity contribution < 1.29 is 28.6 Å². The van der Waals surface area contributed by atoms with Gasteiger partial charge in [0.05, 0.1) is 26.3 Å². The molecule has 0 saturated heterocycles. The third-order valence-electron chi connectivity index (χ3n) is 6.98. The van der Waals surface area contributed by atoms with Gasteiger partial charge in [-0.1, -0.05) is 30.3 Å². The minimum Gasteiger partial charge on any atom is -0.497 e. The third kappa shape index (κ3) is 8.57. The summed E-state index contributed by atoms with van der Waals surface area (Å²) in [7, 11) is 3.08. The van der Waals surface area contributed by atoms with E-state index in [0.29, 0.717) is 65.5 Å². The molecule has 0 aliphatic heterocycles. The number of hydrogen-bond donors (Lipinski definition) is 1. The molecule has 4 aromatic rings. The highest BCUT2D eigenvalue weighted by molar-refractivity contribution is 6.15. The summed E-state index contributed by atoms with van der Waals surface area (Å²) < 4.78 is 16.8. The number of nitrogens with zero attached hydrogens (tertiary/aromatic N) is 4. The van der Waals surface area contributed by atoms with Crippen LogP contribution in [0.3, 0.4) is 0 Å². The maximum Gasteiger partial charge on any atom is 0.330 e. The van der Waals surface area contributed by atoms with Crippen LogP contribution in [0.25, 0.3) is 22.0 Å². The number of imide groups is 1. The second kappa shape index (κ2) is 14.8. The molecule has 11 nitrogen and oxygen atoms in total. The Morgan fingerprint density at radius 3 is 2.15 bits per heavy atom. The van der Waals surface area contributed by atoms with Crippen LogP contribution in [0, 0.1) is 0 Å². The summed E-state index contributed by atoms with van der Waals surface area (Å²) in [5.74, 6) is 0.827. The lowest BCUT2D eigenvalue weighted by atomic mass is 10.0. The number of ether oxygens (including phenoxy) is 3. The van der Waals surface area contributed by atoms with E-state index in [1.807, 2.05) is 51.1 Å². The van der Waals surface area contributed by atoms with Gasteiger partial charge in [-0.05, 0) is 56.5 Å². The van der Waals surface area contributed by atoms with Crippen molar-refractivity contribution >= 4 is 40.4 Å². The molecule has 2 aromatic heterocycles. The molecule has 2 heterocycles. The van der Waals surface area contributed by atoms with Crippen LogP contribution in [0.1, 0.15) is 46.6 Å². The summed E-state index contributed by atoms with van der Waals surface area (Å²) >= 11 is 0. The summed E-state index contributed by atoms with van der Waals surface area (Å²) in [5.41, 5.74) is 2.00. The molecule has 11 heteroatoms. The maximum absolute atomic E-state index is 13.5. The first kappa shape index (κ1) is 33.9. The molecule has 0 aliphatic carbocycles. The van der Waals surface area contributed by atoms with Gasteiger partial charge in [-0.15, -0.1) is 0 Å². The Morgan fingerprint density at radius 1 is 0.891 bits per heavy atom. The molecule has 2 aromatic carbocycles. The van der Waals surface area contributed by atoms with Crippen LogP contribution in [0.5, 0.6) is 11.5 Å². The number of fused-ring (bicyclic) bond motifs is 1. The highest BCUT2D eigenvalue weighted by atomic mass is 16.5. The lowest BCUT2D eigenvalue weighted by Crippen LogP contribution is -2.50. The van der Waals surface area contributed by atoms with Gasteiger partial charge in [0.2, 0.25) is 11.8 Å². The lowest BCUT2D eigenvalue weighted by molar-refractivity contribution is -0.117. The van der Waals surface area contributed by atoms with Crippen LogP contribution >= 0.6 is 0 Å². The van der Waals surface area contributed by atoms with Crippen molar-refractivity contribution in [3.05, 3.63) is 72.4 Å². The van der Waals surface area contributed by atoms with E-state index in [-0.39, 0.29) is 11.7 Å². The number of amides is 4. The minimum atomic E-state index is -0.627. The number of urea groups is 1. The molecule has 242 valence electrons. The predicted molar refractivity (Wildman–Crippen MR) is 178 cm³/mol. The normalized spacial score (nSPS) is 11.2. The Morgan fingerprint density at radius 2 is 1.57 bits per heavy atom. The molecule has 0 aliphatic rings. The zero-order valence-electron chi connectivity index (χ0n) is 27.4. The van der Waals surface area contributed by atoms with Crippen LogP contribution in [-0.4, -0.2) is 60.7 Å². The first-order valence-electron chi connectivity index (χ1n) is 15.0. The average molecular weight is 628 g/mol. The molecular formula is C35H41N5O6. The molecule has 0 unspecified atom stereocenters. The van der Waals surface area contributed by atoms with Crippen molar-refractivity contribution in [1.82, 2.24) is 15.3 Å². The Labute approximate surface area is 269 Å². The van der Waals surface area contributed by atoms with Crippen molar-refractivity contribution in [1.29, 1.82) is 0 Å². The van der Waals surface area contributed by atoms with Gasteiger partial charge in [-0.25, -0.2) is 19.7 Å². The number of rotatable bonds is 11. The number of pyridine rings is 2. The monoisotopic (exact) mass is 627 g/mol. The molecule has 0 radical (unpaired) electrons. The number of benzene rings is 2. The van der Waals surface area contributed by atoms with E-state index >= 15 is 0 Å². The number of nitrogens with one attached hydrogen (secondary N) is 1. The van der Waals surface area contributed by atoms with Crippen LogP contribution < -0.4 is 24.6 Å². The minimum absolute atomic E-state index is 0.109. The fourth-order valence-corrected chi connectivity index (χ4v) is 4.83. The summed E-state index contributed by atoms with van der Waals surface area (Å²) in [5, 5.41) is 3.50.